The lowest BCUT2D eigenvalue weighted by molar-refractivity contribution is -0.0816. The van der Waals surface area contributed by atoms with Gasteiger partial charge in [0.1, 0.15) is 23.0 Å². The maximum atomic E-state index is 13.4. The first kappa shape index (κ1) is 19.8. The number of nitrogens with zero attached hydrogens (tertiary/aromatic N) is 2. The van der Waals surface area contributed by atoms with Crippen molar-refractivity contribution < 1.29 is 23.4 Å². The molecule has 2 aromatic carbocycles. The fourth-order valence-corrected chi connectivity index (χ4v) is 3.25. The number of hydrogen-bond acceptors (Lipinski definition) is 4. The van der Waals surface area contributed by atoms with Gasteiger partial charge in [-0.1, -0.05) is 24.3 Å². The number of rotatable bonds is 5. The number of aliphatic hydroxyl groups is 1. The summed E-state index contributed by atoms with van der Waals surface area (Å²) in [5.74, 6) is -0.253. The van der Waals surface area contributed by atoms with E-state index >= 15 is 0 Å². The van der Waals surface area contributed by atoms with Gasteiger partial charge in [0.2, 0.25) is 5.88 Å². The molecule has 0 radical (unpaired) electrons. The summed E-state index contributed by atoms with van der Waals surface area (Å²) in [5.41, 5.74) is -0.0132. The first-order chi connectivity index (χ1) is 14.4. The lowest BCUT2D eigenvalue weighted by atomic mass is 9.86. The average molecular weight is 411 g/mol. The van der Waals surface area contributed by atoms with Crippen LogP contribution in [0, 0.1) is 11.6 Å². The largest absolute Gasteiger partial charge is 0.439 e. The molecule has 0 spiro atoms. The van der Waals surface area contributed by atoms with E-state index in [9.17, 15) is 18.7 Å². The SMILES string of the molecule is O=C(NCc1cccnc1Oc1cccc(F)c1)N1CC(O)(c2ccc(F)cc2)C1. The van der Waals surface area contributed by atoms with Gasteiger partial charge in [0.15, 0.2) is 0 Å². The van der Waals surface area contributed by atoms with Gasteiger partial charge in [-0.05, 0) is 35.9 Å². The molecule has 4 rings (SSSR count). The van der Waals surface area contributed by atoms with Crippen molar-refractivity contribution in [3.8, 4) is 11.6 Å². The summed E-state index contributed by atoms with van der Waals surface area (Å²) in [5, 5.41) is 13.4. The molecule has 0 bridgehead atoms. The number of carbonyl (C=O) groups excluding carboxylic acids is 1. The van der Waals surface area contributed by atoms with Crippen molar-refractivity contribution in [3.05, 3.63) is 89.6 Å². The summed E-state index contributed by atoms with van der Waals surface area (Å²) in [6, 6.07) is 14.4. The molecular weight excluding hydrogens is 392 g/mol. The van der Waals surface area contributed by atoms with Crippen molar-refractivity contribution in [2.24, 2.45) is 0 Å². The number of likely N-dealkylation sites (tertiary alicyclic amines) is 1. The summed E-state index contributed by atoms with van der Waals surface area (Å²) >= 11 is 0. The molecule has 0 unspecified atom stereocenters. The number of benzene rings is 2. The summed E-state index contributed by atoms with van der Waals surface area (Å²) in [4.78, 5) is 18.0. The monoisotopic (exact) mass is 411 g/mol. The summed E-state index contributed by atoms with van der Waals surface area (Å²) in [6.45, 7) is 0.344. The van der Waals surface area contributed by atoms with Crippen LogP contribution < -0.4 is 10.1 Å². The Balaban J connectivity index is 1.35. The van der Waals surface area contributed by atoms with Gasteiger partial charge in [-0.2, -0.15) is 0 Å². The van der Waals surface area contributed by atoms with Crippen LogP contribution in [0.4, 0.5) is 13.6 Å². The molecule has 6 nitrogen and oxygen atoms in total. The fraction of sp³-hybridized carbons (Fsp3) is 0.182. The van der Waals surface area contributed by atoms with E-state index in [2.05, 4.69) is 10.3 Å². The standard InChI is InChI=1S/C22H19F2N3O3/c23-17-8-6-16(7-9-17)22(29)13-27(14-22)21(28)26-12-15-3-2-10-25-20(15)30-19-5-1-4-18(24)11-19/h1-11,29H,12-14H2,(H,26,28). The number of β-amino-alcohol motifs (C(OH)–C–C–N with tert-alkyl or cyclic N) is 1. The normalized spacial score (nSPS) is 14.7. The highest BCUT2D eigenvalue weighted by Crippen LogP contribution is 2.32. The molecule has 154 valence electrons. The van der Waals surface area contributed by atoms with Crippen LogP contribution in [0.3, 0.4) is 0 Å². The Labute approximate surface area is 171 Å². The number of urea groups is 1. The number of amides is 2. The first-order valence-corrected chi connectivity index (χ1v) is 9.31. The number of aromatic nitrogens is 1. The van der Waals surface area contributed by atoms with Crippen molar-refractivity contribution in [1.82, 2.24) is 15.2 Å². The average Bonchev–Trinajstić information content (AvgIpc) is 2.71. The van der Waals surface area contributed by atoms with Crippen molar-refractivity contribution in [3.63, 3.8) is 0 Å². The highest BCUT2D eigenvalue weighted by molar-refractivity contribution is 5.75. The Bertz CT molecular complexity index is 1050. The minimum Gasteiger partial charge on any atom is -0.439 e. The number of ether oxygens (including phenoxy) is 1. The van der Waals surface area contributed by atoms with E-state index in [1.54, 1.807) is 18.2 Å². The van der Waals surface area contributed by atoms with Gasteiger partial charge < -0.3 is 20.1 Å². The Hall–Kier alpha value is -3.52. The third-order valence-corrected chi connectivity index (χ3v) is 4.86. The van der Waals surface area contributed by atoms with Gasteiger partial charge in [-0.3, -0.25) is 0 Å². The van der Waals surface area contributed by atoms with Crippen LogP contribution in [0.2, 0.25) is 0 Å². The second-order valence-electron chi connectivity index (χ2n) is 7.08. The molecule has 1 aromatic heterocycles. The molecule has 1 saturated heterocycles. The van der Waals surface area contributed by atoms with Gasteiger partial charge >= 0.3 is 6.03 Å². The molecule has 2 N–H and O–H groups in total. The van der Waals surface area contributed by atoms with Crippen LogP contribution in [0.1, 0.15) is 11.1 Å². The summed E-state index contributed by atoms with van der Waals surface area (Å²) in [7, 11) is 0. The van der Waals surface area contributed by atoms with Crippen molar-refractivity contribution in [2.45, 2.75) is 12.1 Å². The zero-order valence-electron chi connectivity index (χ0n) is 15.9. The molecular formula is C22H19F2N3O3. The van der Waals surface area contributed by atoms with Gasteiger partial charge in [0.25, 0.3) is 0 Å². The van der Waals surface area contributed by atoms with Crippen LogP contribution in [0.5, 0.6) is 11.6 Å². The van der Waals surface area contributed by atoms with E-state index in [4.69, 9.17) is 4.74 Å². The van der Waals surface area contributed by atoms with E-state index in [0.717, 1.165) is 0 Å². The quantitative estimate of drug-likeness (QED) is 0.673. The lowest BCUT2D eigenvalue weighted by Crippen LogP contribution is -2.63. The Morgan fingerprint density at radius 2 is 1.87 bits per heavy atom. The van der Waals surface area contributed by atoms with Gasteiger partial charge in [0.05, 0.1) is 13.1 Å². The van der Waals surface area contributed by atoms with Crippen LogP contribution in [0.25, 0.3) is 0 Å². The van der Waals surface area contributed by atoms with Crippen molar-refractivity contribution in [2.75, 3.05) is 13.1 Å². The molecule has 3 aromatic rings. The molecule has 0 atom stereocenters. The molecule has 0 aliphatic carbocycles. The number of pyridine rings is 1. The minimum atomic E-state index is -1.19. The summed E-state index contributed by atoms with van der Waals surface area (Å²) in [6.07, 6.45) is 1.54. The first-order valence-electron chi connectivity index (χ1n) is 9.31. The predicted molar refractivity (Wildman–Crippen MR) is 105 cm³/mol. The summed E-state index contributed by atoms with van der Waals surface area (Å²) < 4.78 is 32.1. The van der Waals surface area contributed by atoms with Gasteiger partial charge in [-0.15, -0.1) is 0 Å². The Morgan fingerprint density at radius 3 is 2.60 bits per heavy atom. The molecule has 2 heterocycles. The topological polar surface area (TPSA) is 74.7 Å². The third-order valence-electron chi connectivity index (χ3n) is 4.86. The number of hydrogen-bond donors (Lipinski definition) is 2. The highest BCUT2D eigenvalue weighted by Gasteiger charge is 2.45. The van der Waals surface area contributed by atoms with Crippen molar-refractivity contribution in [1.29, 1.82) is 0 Å². The van der Waals surface area contributed by atoms with E-state index in [1.807, 2.05) is 0 Å². The maximum Gasteiger partial charge on any atom is 0.317 e. The minimum absolute atomic E-state index is 0.101. The highest BCUT2D eigenvalue weighted by atomic mass is 19.1. The zero-order valence-corrected chi connectivity index (χ0v) is 15.9. The molecule has 8 heteroatoms. The van der Waals surface area contributed by atoms with Crippen LogP contribution >= 0.6 is 0 Å². The van der Waals surface area contributed by atoms with Crippen LogP contribution in [-0.2, 0) is 12.1 Å². The van der Waals surface area contributed by atoms with Crippen LogP contribution in [0.15, 0.2) is 66.9 Å². The molecule has 1 fully saturated rings. The fourth-order valence-electron chi connectivity index (χ4n) is 3.25. The maximum absolute atomic E-state index is 13.4. The zero-order chi connectivity index (χ0) is 21.1. The number of nitrogens with one attached hydrogen (secondary N) is 1. The molecule has 1 aliphatic heterocycles. The Morgan fingerprint density at radius 1 is 1.10 bits per heavy atom. The van der Waals surface area contributed by atoms with E-state index in [0.29, 0.717) is 16.9 Å². The lowest BCUT2D eigenvalue weighted by Gasteiger charge is -2.46. The van der Waals surface area contributed by atoms with Gasteiger partial charge in [-0.25, -0.2) is 18.6 Å². The molecule has 30 heavy (non-hydrogen) atoms. The van der Waals surface area contributed by atoms with Crippen LogP contribution in [-0.4, -0.2) is 34.1 Å². The second-order valence-corrected chi connectivity index (χ2v) is 7.08. The van der Waals surface area contributed by atoms with Crippen molar-refractivity contribution >= 4 is 6.03 Å². The van der Waals surface area contributed by atoms with Gasteiger partial charge in [0, 0.05) is 24.4 Å². The molecule has 0 saturated carbocycles. The second kappa shape index (κ2) is 8.08. The van der Waals surface area contributed by atoms with E-state index in [-0.39, 0.29) is 37.4 Å². The molecule has 1 aliphatic rings. The third kappa shape index (κ3) is 4.23. The molecule has 2 amide bonds. The number of carbonyl (C=O) groups is 1. The van der Waals surface area contributed by atoms with E-state index < -0.39 is 11.4 Å². The van der Waals surface area contributed by atoms with E-state index in [1.165, 1.54) is 53.6 Å². The number of halogens is 2. The smallest absolute Gasteiger partial charge is 0.317 e. The Kier molecular flexibility index (Phi) is 5.33. The predicted octanol–water partition coefficient (Wildman–Crippen LogP) is 3.57.